The number of aliphatic carboxylic acids is 2. The number of amides is 7. The number of nitrogens with one attached hydrogen (secondary N) is 6. The number of carboxylic acid groups (broad SMARTS) is 2. The maximum absolute atomic E-state index is 14.3. The first-order valence-electron chi connectivity index (χ1n) is 23.5. The molecule has 0 unspecified atom stereocenters. The Bertz CT molecular complexity index is 2100. The van der Waals surface area contributed by atoms with E-state index in [4.69, 9.17) is 16.2 Å². The molecule has 0 aromatic heterocycles. The molecule has 1 aliphatic heterocycles. The molecule has 1 aromatic rings. The quantitative estimate of drug-likeness (QED) is 0.0419. The van der Waals surface area contributed by atoms with Gasteiger partial charge in [-0.25, -0.2) is 9.59 Å². The molecule has 71 heavy (non-hydrogen) atoms. The molecule has 1 saturated heterocycles. The Morgan fingerprint density at radius 1 is 0.845 bits per heavy atom. The molecule has 23 heteroatoms. The molecule has 1 aliphatic rings. The zero-order chi connectivity index (χ0) is 53.5. The lowest BCUT2D eigenvalue weighted by molar-refractivity contribution is -0.144. The van der Waals surface area contributed by atoms with E-state index in [1.807, 2.05) is 43.3 Å². The van der Waals surface area contributed by atoms with Gasteiger partial charge in [0.1, 0.15) is 36.3 Å². The third kappa shape index (κ3) is 20.9. The lowest BCUT2D eigenvalue weighted by Crippen LogP contribution is -2.58. The van der Waals surface area contributed by atoms with Gasteiger partial charge in [0.2, 0.25) is 41.4 Å². The topological polar surface area (TPSA) is 363 Å². The van der Waals surface area contributed by atoms with Crippen molar-refractivity contribution in [1.29, 1.82) is 0 Å². The highest BCUT2D eigenvalue weighted by Gasteiger charge is 2.35. The molecule has 1 heterocycles. The second-order valence-corrected chi connectivity index (χ2v) is 18.2. The van der Waals surface area contributed by atoms with Crippen LogP contribution in [0.15, 0.2) is 59.1 Å². The van der Waals surface area contributed by atoms with E-state index in [1.54, 1.807) is 34.0 Å². The van der Waals surface area contributed by atoms with Crippen molar-refractivity contribution in [2.45, 2.75) is 135 Å². The fraction of sp³-hybridized carbons (Fsp3) is 0.583. The number of aliphatic hydroxyl groups is 1. The summed E-state index contributed by atoms with van der Waals surface area (Å²) in [5.74, 6) is -11.3. The summed E-state index contributed by atoms with van der Waals surface area (Å²) in [5.41, 5.74) is 12.7. The molecule has 0 bridgehead atoms. The molecule has 10 atom stereocenters. The summed E-state index contributed by atoms with van der Waals surface area (Å²) in [6.45, 7) is 9.01. The van der Waals surface area contributed by atoms with Crippen molar-refractivity contribution in [2.75, 3.05) is 27.3 Å². The number of guanidine groups is 1. The van der Waals surface area contributed by atoms with E-state index in [2.05, 4.69) is 36.9 Å². The predicted molar refractivity (Wildman–Crippen MR) is 262 cm³/mol. The minimum atomic E-state index is -1.87. The summed E-state index contributed by atoms with van der Waals surface area (Å²) in [6.07, 6.45) is 3.62. The fourth-order valence-corrected chi connectivity index (χ4v) is 7.55. The van der Waals surface area contributed by atoms with Crippen LogP contribution in [0.25, 0.3) is 0 Å². The zero-order valence-corrected chi connectivity index (χ0v) is 41.8. The number of nitrogens with zero attached hydrogens (tertiary/aromatic N) is 2. The first kappa shape index (κ1) is 60.2. The number of nitrogens with two attached hydrogens (primary N) is 2. The van der Waals surface area contributed by atoms with Crippen LogP contribution in [0.3, 0.4) is 0 Å². The number of methoxy groups -OCH3 is 1. The average Bonchev–Trinajstić information content (AvgIpc) is 3.30. The smallest absolute Gasteiger partial charge is 0.326 e. The van der Waals surface area contributed by atoms with E-state index in [0.717, 1.165) is 10.5 Å². The average molecular weight is 999 g/mol. The number of allylic oxidation sites excluding steroid dienone is 2. The van der Waals surface area contributed by atoms with Crippen molar-refractivity contribution in [3.8, 4) is 0 Å². The van der Waals surface area contributed by atoms with Gasteiger partial charge in [0, 0.05) is 33.0 Å². The minimum Gasteiger partial charge on any atom is -0.480 e. The van der Waals surface area contributed by atoms with Crippen LogP contribution in [-0.4, -0.2) is 155 Å². The lowest BCUT2D eigenvalue weighted by atomic mass is 9.94. The fourth-order valence-electron chi connectivity index (χ4n) is 7.55. The van der Waals surface area contributed by atoms with Gasteiger partial charge >= 0.3 is 11.9 Å². The number of hydrogen-bond acceptors (Lipinski definition) is 12. The van der Waals surface area contributed by atoms with Gasteiger partial charge < -0.3 is 68.3 Å². The lowest BCUT2D eigenvalue weighted by Gasteiger charge is -2.28. The zero-order valence-electron chi connectivity index (χ0n) is 41.8. The Hall–Kier alpha value is -6.88. The van der Waals surface area contributed by atoms with E-state index in [0.29, 0.717) is 12.0 Å². The van der Waals surface area contributed by atoms with E-state index in [9.17, 15) is 58.5 Å². The molecule has 7 amide bonds. The summed E-state index contributed by atoms with van der Waals surface area (Å²) in [7, 11) is 2.79. The van der Waals surface area contributed by atoms with Crippen molar-refractivity contribution in [1.82, 2.24) is 36.8 Å². The Labute approximate surface area is 414 Å². The summed E-state index contributed by atoms with van der Waals surface area (Å²) in [6, 6.07) is -0.660. The number of benzene rings is 1. The number of carbonyl (C=O) groups is 9. The molecule has 0 radical (unpaired) electrons. The van der Waals surface area contributed by atoms with E-state index in [1.165, 1.54) is 27.0 Å². The highest BCUT2D eigenvalue weighted by molar-refractivity contribution is 5.96. The molecule has 13 N–H and O–H groups in total. The molecule has 23 nitrogen and oxygen atoms in total. The van der Waals surface area contributed by atoms with Crippen molar-refractivity contribution in [2.24, 2.45) is 34.2 Å². The monoisotopic (exact) mass is 999 g/mol. The van der Waals surface area contributed by atoms with E-state index < -0.39 is 127 Å². The molecule has 0 saturated carbocycles. The van der Waals surface area contributed by atoms with Gasteiger partial charge in [-0.3, -0.25) is 38.6 Å². The van der Waals surface area contributed by atoms with Crippen LogP contribution >= 0.6 is 0 Å². The summed E-state index contributed by atoms with van der Waals surface area (Å²) in [4.78, 5) is 125. The SMILES string of the molecule is CO[C@@H](Cc1ccccc1)[C@@H](C)/C=C(C)/C=C/[C@@H]1NC(=O)[C@H](CCCN=C(N)N)NC(=O)C[C@H](C(=O)O)NC(=O)[C@H](CC(C)C)NC(=O)[C@@H](C)NC(=O)[C@H](CO)N(C)C(=O)CC[C@H](C(=O)O)NC(=O)[C@H]1C. The minimum absolute atomic E-state index is 0.00959. The van der Waals surface area contributed by atoms with Crippen LogP contribution in [0.2, 0.25) is 0 Å². The molecule has 1 aromatic carbocycles. The highest BCUT2D eigenvalue weighted by Crippen LogP contribution is 2.18. The third-order valence-electron chi connectivity index (χ3n) is 11.8. The summed E-state index contributed by atoms with van der Waals surface area (Å²) >= 11 is 0. The molecule has 2 rings (SSSR count). The number of likely N-dealkylation sites (N-methyl/N-ethyl adjacent to an activating group) is 1. The molecular formula is C48H74N10O13. The molecule has 0 spiro atoms. The van der Waals surface area contributed by atoms with Crippen LogP contribution < -0.4 is 43.4 Å². The summed E-state index contributed by atoms with van der Waals surface area (Å²) in [5, 5.41) is 45.3. The van der Waals surface area contributed by atoms with Crippen LogP contribution in [0.4, 0.5) is 0 Å². The molecule has 0 aliphatic carbocycles. The maximum atomic E-state index is 14.3. The standard InChI is InChI=1S/C48H74N10O13/c1-26(2)21-35-44(65)57-36(47(69)70)24-39(60)53-33(15-12-20-51-48(49)50)43(64)54-32(17-16-27(3)22-28(4)38(71-8)23-31-13-10-9-11-14-31)29(5)41(62)55-34(46(67)68)18-19-40(61)58(7)37(25-59)45(66)52-30(6)42(63)56-35/h9-11,13-14,16-17,22,26,28-30,32-38,59H,12,15,18-21,23-25H2,1-8H3,(H,52,66)(H,53,60)(H,54,64)(H,55,62)(H,56,63)(H,57,65)(H,67,68)(H,69,70)(H4,49,50,51)/b17-16+,27-22+/t28-,29-,30+,32-,33-,34+,35-,36+,37-,38-/m0/s1. The van der Waals surface area contributed by atoms with Crippen LogP contribution in [0, 0.1) is 17.8 Å². The Kier molecular flexibility index (Phi) is 25.4. The van der Waals surface area contributed by atoms with Gasteiger partial charge in [-0.2, -0.15) is 0 Å². The van der Waals surface area contributed by atoms with Crippen molar-refractivity contribution in [3.05, 3.63) is 59.7 Å². The second kappa shape index (κ2) is 30.0. The summed E-state index contributed by atoms with van der Waals surface area (Å²) < 4.78 is 5.80. The Morgan fingerprint density at radius 3 is 2.04 bits per heavy atom. The van der Waals surface area contributed by atoms with Gasteiger partial charge in [0.05, 0.1) is 31.1 Å². The van der Waals surface area contributed by atoms with Crippen LogP contribution in [0.1, 0.15) is 85.6 Å². The molecule has 1 fully saturated rings. The van der Waals surface area contributed by atoms with Gasteiger partial charge in [-0.15, -0.1) is 0 Å². The number of hydrogen-bond donors (Lipinski definition) is 11. The van der Waals surface area contributed by atoms with Gasteiger partial charge in [0.15, 0.2) is 5.96 Å². The predicted octanol–water partition coefficient (Wildman–Crippen LogP) is -0.780. The van der Waals surface area contributed by atoms with Gasteiger partial charge in [-0.1, -0.05) is 81.8 Å². The first-order valence-corrected chi connectivity index (χ1v) is 23.5. The van der Waals surface area contributed by atoms with Crippen LogP contribution in [-0.2, 0) is 54.3 Å². The van der Waals surface area contributed by atoms with Crippen molar-refractivity contribution in [3.63, 3.8) is 0 Å². The third-order valence-corrected chi connectivity index (χ3v) is 11.8. The number of carbonyl (C=O) groups excluding carboxylic acids is 7. The number of aliphatic imine (C=N–C) groups is 1. The highest BCUT2D eigenvalue weighted by atomic mass is 16.5. The Balaban J connectivity index is 2.70. The van der Waals surface area contributed by atoms with Crippen LogP contribution in [0.5, 0.6) is 0 Å². The first-order chi connectivity index (χ1) is 33.4. The number of carboxylic acids is 2. The number of rotatable bonds is 16. The largest absolute Gasteiger partial charge is 0.480 e. The normalized spacial score (nSPS) is 25.3. The van der Waals surface area contributed by atoms with E-state index >= 15 is 0 Å². The van der Waals surface area contributed by atoms with Gasteiger partial charge in [0.25, 0.3) is 0 Å². The van der Waals surface area contributed by atoms with Crippen molar-refractivity contribution < 1.29 is 63.2 Å². The number of aliphatic hydroxyl groups excluding tert-OH is 1. The van der Waals surface area contributed by atoms with Gasteiger partial charge in [-0.05, 0) is 57.4 Å². The van der Waals surface area contributed by atoms with Crippen molar-refractivity contribution >= 4 is 59.2 Å². The number of ether oxygens (including phenoxy) is 1. The molecule has 394 valence electrons. The maximum Gasteiger partial charge on any atom is 0.326 e. The Morgan fingerprint density at radius 2 is 1.46 bits per heavy atom. The van der Waals surface area contributed by atoms with E-state index in [-0.39, 0.29) is 49.7 Å². The second-order valence-electron chi connectivity index (χ2n) is 18.2. The molecular weight excluding hydrogens is 925 g/mol.